The highest BCUT2D eigenvalue weighted by Gasteiger charge is 2.42. The molecule has 0 spiro atoms. The van der Waals surface area contributed by atoms with Gasteiger partial charge in [0.1, 0.15) is 6.10 Å². The summed E-state index contributed by atoms with van der Waals surface area (Å²) in [6.07, 6.45) is 2.86. The Labute approximate surface area is 165 Å². The minimum absolute atomic E-state index is 0.122. The van der Waals surface area contributed by atoms with Gasteiger partial charge < -0.3 is 4.74 Å². The van der Waals surface area contributed by atoms with Crippen LogP contribution in [0.5, 0.6) is 0 Å². The summed E-state index contributed by atoms with van der Waals surface area (Å²) in [5.41, 5.74) is 1.15. The Morgan fingerprint density at radius 2 is 1.81 bits per heavy atom. The third kappa shape index (κ3) is 4.02. The number of esters is 1. The van der Waals surface area contributed by atoms with E-state index >= 15 is 0 Å². The number of fused-ring (bicyclic) bond motifs is 1. The third-order valence-corrected chi connectivity index (χ3v) is 6.28. The molecular formula is C22H26Cl2O2. The van der Waals surface area contributed by atoms with Gasteiger partial charge in [0.05, 0.1) is 0 Å². The second kappa shape index (κ2) is 7.78. The lowest BCUT2D eigenvalue weighted by Crippen LogP contribution is -2.44. The summed E-state index contributed by atoms with van der Waals surface area (Å²) in [4.78, 5) is 10.9. The van der Waals surface area contributed by atoms with Gasteiger partial charge >= 0.3 is 5.97 Å². The van der Waals surface area contributed by atoms with Crippen LogP contribution >= 0.6 is 23.2 Å². The summed E-state index contributed by atoms with van der Waals surface area (Å²) in [7, 11) is 0. The molecule has 2 aromatic carbocycles. The molecule has 0 heterocycles. The van der Waals surface area contributed by atoms with Crippen molar-refractivity contribution in [2.75, 3.05) is 0 Å². The lowest BCUT2D eigenvalue weighted by Gasteiger charge is -2.44. The molecule has 3 rings (SSSR count). The van der Waals surface area contributed by atoms with Gasteiger partial charge in [-0.15, -0.1) is 0 Å². The van der Waals surface area contributed by atoms with Crippen LogP contribution in [0.2, 0.25) is 0 Å². The Hall–Kier alpha value is -1.25. The summed E-state index contributed by atoms with van der Waals surface area (Å²) in [5, 5.41) is 2.47. The van der Waals surface area contributed by atoms with Gasteiger partial charge in [-0.2, -0.15) is 0 Å². The number of carbonyl (C=O) groups is 1. The molecule has 140 valence electrons. The largest absolute Gasteiger partial charge is 0.460 e. The first-order valence-corrected chi connectivity index (χ1v) is 10.1. The zero-order chi connectivity index (χ0) is 18.9. The maximum absolute atomic E-state index is 12.0. The van der Waals surface area contributed by atoms with E-state index in [1.165, 1.54) is 16.3 Å². The van der Waals surface area contributed by atoms with Crippen LogP contribution in [0.4, 0.5) is 0 Å². The van der Waals surface area contributed by atoms with Crippen LogP contribution in [0.3, 0.4) is 0 Å². The van der Waals surface area contributed by atoms with Crippen molar-refractivity contribution >= 4 is 39.9 Å². The first-order valence-electron chi connectivity index (χ1n) is 9.27. The van der Waals surface area contributed by atoms with Crippen molar-refractivity contribution in [3.05, 3.63) is 48.0 Å². The van der Waals surface area contributed by atoms with E-state index < -0.39 is 10.8 Å². The minimum atomic E-state index is -1.13. The molecule has 0 N–H and O–H groups in total. The van der Waals surface area contributed by atoms with E-state index in [0.29, 0.717) is 5.92 Å². The standard InChI is InChI=1S/C22H26Cl2O2/c1-14-8-11-18(19(12-14)26-21(25)20(23)24)22(2,3)17-10-9-15-6-4-5-7-16(15)13-17/h4-7,9-10,13-14,18-20H,8,11-12H2,1-3H3/t14-,18-,19-/m1/s1. The molecule has 0 bridgehead atoms. The number of ether oxygens (including phenoxy) is 1. The molecule has 0 aliphatic heterocycles. The predicted molar refractivity (Wildman–Crippen MR) is 109 cm³/mol. The fourth-order valence-electron chi connectivity index (χ4n) is 4.29. The maximum atomic E-state index is 12.0. The van der Waals surface area contributed by atoms with E-state index in [1.54, 1.807) is 0 Å². The van der Waals surface area contributed by atoms with E-state index in [4.69, 9.17) is 27.9 Å². The zero-order valence-electron chi connectivity index (χ0n) is 15.5. The second-order valence-electron chi connectivity index (χ2n) is 8.08. The van der Waals surface area contributed by atoms with Crippen LogP contribution in [0.15, 0.2) is 42.5 Å². The predicted octanol–water partition coefficient (Wildman–Crippen LogP) is 6.27. The number of benzene rings is 2. The van der Waals surface area contributed by atoms with Crippen LogP contribution in [-0.2, 0) is 14.9 Å². The van der Waals surface area contributed by atoms with Crippen molar-refractivity contribution < 1.29 is 9.53 Å². The van der Waals surface area contributed by atoms with Gasteiger partial charge in [-0.1, -0.05) is 92.9 Å². The van der Waals surface area contributed by atoms with E-state index in [2.05, 4.69) is 63.2 Å². The van der Waals surface area contributed by atoms with Crippen LogP contribution in [0, 0.1) is 11.8 Å². The molecule has 1 saturated carbocycles. The van der Waals surface area contributed by atoms with E-state index in [0.717, 1.165) is 19.3 Å². The fraction of sp³-hybridized carbons (Fsp3) is 0.500. The SMILES string of the molecule is C[C@@H]1CC[C@@H](C(C)(C)c2ccc3ccccc3c2)[C@H](OC(=O)C(Cl)Cl)C1. The minimum Gasteiger partial charge on any atom is -0.460 e. The fourth-order valence-corrected chi connectivity index (χ4v) is 4.39. The lowest BCUT2D eigenvalue weighted by atomic mass is 9.64. The quantitative estimate of drug-likeness (QED) is 0.452. The number of alkyl halides is 2. The summed E-state index contributed by atoms with van der Waals surface area (Å²) in [5.74, 6) is 0.225. The van der Waals surface area contributed by atoms with Gasteiger partial charge in [0.15, 0.2) is 0 Å². The molecule has 0 radical (unpaired) electrons. The molecule has 1 fully saturated rings. The van der Waals surface area contributed by atoms with Crippen molar-refractivity contribution in [3.8, 4) is 0 Å². The zero-order valence-corrected chi connectivity index (χ0v) is 17.1. The normalized spacial score (nSPS) is 24.0. The molecule has 0 saturated heterocycles. The molecule has 0 amide bonds. The molecule has 3 atom stereocenters. The summed E-state index contributed by atoms with van der Waals surface area (Å²) >= 11 is 11.4. The average Bonchev–Trinajstić information content (AvgIpc) is 2.61. The number of carbonyl (C=O) groups excluding carboxylic acids is 1. The van der Waals surface area contributed by atoms with Crippen molar-refractivity contribution in [2.24, 2.45) is 11.8 Å². The second-order valence-corrected chi connectivity index (χ2v) is 9.18. The molecule has 1 aliphatic carbocycles. The Morgan fingerprint density at radius 1 is 1.12 bits per heavy atom. The number of hydrogen-bond donors (Lipinski definition) is 0. The van der Waals surface area contributed by atoms with Gasteiger partial charge in [0, 0.05) is 5.92 Å². The molecule has 0 aromatic heterocycles. The molecular weight excluding hydrogens is 367 g/mol. The topological polar surface area (TPSA) is 26.3 Å². The van der Waals surface area contributed by atoms with E-state index in [1.807, 2.05) is 0 Å². The van der Waals surface area contributed by atoms with Crippen molar-refractivity contribution in [1.82, 2.24) is 0 Å². The number of halogens is 2. The van der Waals surface area contributed by atoms with E-state index in [9.17, 15) is 4.79 Å². The number of rotatable bonds is 4. The Kier molecular flexibility index (Phi) is 5.84. The highest BCUT2D eigenvalue weighted by molar-refractivity contribution is 6.52. The van der Waals surface area contributed by atoms with Gasteiger partial charge in [-0.3, -0.25) is 0 Å². The first-order chi connectivity index (χ1) is 12.3. The van der Waals surface area contributed by atoms with Crippen LogP contribution in [-0.4, -0.2) is 16.9 Å². The van der Waals surface area contributed by atoms with Gasteiger partial charge in [0.25, 0.3) is 0 Å². The molecule has 1 aliphatic rings. The van der Waals surface area contributed by atoms with Gasteiger partial charge in [-0.25, -0.2) is 4.79 Å². The highest BCUT2D eigenvalue weighted by Crippen LogP contribution is 2.44. The van der Waals surface area contributed by atoms with Crippen LogP contribution in [0.1, 0.15) is 45.6 Å². The Morgan fingerprint density at radius 3 is 2.50 bits per heavy atom. The molecule has 2 nitrogen and oxygen atoms in total. The highest BCUT2D eigenvalue weighted by atomic mass is 35.5. The van der Waals surface area contributed by atoms with Crippen LogP contribution < -0.4 is 0 Å². The summed E-state index contributed by atoms with van der Waals surface area (Å²) in [6, 6.07) is 15.0. The van der Waals surface area contributed by atoms with Crippen molar-refractivity contribution in [1.29, 1.82) is 0 Å². The lowest BCUT2D eigenvalue weighted by molar-refractivity contribution is -0.154. The average molecular weight is 393 g/mol. The van der Waals surface area contributed by atoms with Gasteiger partial charge in [-0.05, 0) is 40.5 Å². The molecule has 0 unspecified atom stereocenters. The van der Waals surface area contributed by atoms with Gasteiger partial charge in [0.2, 0.25) is 4.84 Å². The third-order valence-electron chi connectivity index (χ3n) is 5.92. The molecule has 2 aromatic rings. The van der Waals surface area contributed by atoms with Crippen molar-refractivity contribution in [3.63, 3.8) is 0 Å². The Bertz CT molecular complexity index is 785. The smallest absolute Gasteiger partial charge is 0.339 e. The summed E-state index contributed by atoms with van der Waals surface area (Å²) < 4.78 is 5.73. The molecule has 26 heavy (non-hydrogen) atoms. The molecule has 4 heteroatoms. The van der Waals surface area contributed by atoms with E-state index in [-0.39, 0.29) is 17.4 Å². The number of hydrogen-bond acceptors (Lipinski definition) is 2. The maximum Gasteiger partial charge on any atom is 0.339 e. The van der Waals surface area contributed by atoms with Crippen molar-refractivity contribution in [2.45, 2.75) is 56.4 Å². The summed E-state index contributed by atoms with van der Waals surface area (Å²) in [6.45, 7) is 6.70. The Balaban J connectivity index is 1.92. The monoisotopic (exact) mass is 392 g/mol. The first kappa shape index (κ1) is 19.5. The van der Waals surface area contributed by atoms with Crippen LogP contribution in [0.25, 0.3) is 10.8 Å².